The van der Waals surface area contributed by atoms with Crippen LogP contribution in [0.2, 0.25) is 0 Å². The molecule has 0 spiro atoms. The van der Waals surface area contributed by atoms with Crippen LogP contribution in [0.15, 0.2) is 0 Å². The van der Waals surface area contributed by atoms with Gasteiger partial charge in [-0.1, -0.05) is 0 Å². The molecule has 1 amide bonds. The number of nitrogens with one attached hydrogen (secondary N) is 1. The van der Waals surface area contributed by atoms with Crippen LogP contribution in [0.3, 0.4) is 0 Å². The van der Waals surface area contributed by atoms with E-state index >= 15 is 0 Å². The topological polar surface area (TPSA) is 41.6 Å². The molecule has 21 heavy (non-hydrogen) atoms. The van der Waals surface area contributed by atoms with Gasteiger partial charge in [-0.2, -0.15) is 0 Å². The number of likely N-dealkylation sites (tertiary alicyclic amines) is 1. The van der Waals surface area contributed by atoms with E-state index in [0.29, 0.717) is 12.0 Å². The molecular formula is C17H30N2O2. The van der Waals surface area contributed by atoms with Gasteiger partial charge in [-0.05, 0) is 63.8 Å². The molecule has 120 valence electrons. The summed E-state index contributed by atoms with van der Waals surface area (Å²) in [4.78, 5) is 14.8. The molecular weight excluding hydrogens is 264 g/mol. The van der Waals surface area contributed by atoms with Crippen molar-refractivity contribution >= 4 is 5.91 Å². The molecule has 3 fully saturated rings. The molecule has 1 aliphatic carbocycles. The predicted octanol–water partition coefficient (Wildman–Crippen LogP) is 2.04. The molecule has 0 aromatic rings. The molecule has 3 aliphatic rings. The number of ether oxygens (including phenoxy) is 1. The van der Waals surface area contributed by atoms with Gasteiger partial charge in [0, 0.05) is 26.2 Å². The van der Waals surface area contributed by atoms with E-state index in [9.17, 15) is 4.79 Å². The first-order chi connectivity index (χ1) is 10.2. The van der Waals surface area contributed by atoms with Gasteiger partial charge in [0.25, 0.3) is 0 Å². The zero-order chi connectivity index (χ0) is 14.7. The SMILES string of the molecule is CC1CC(CN2CCCC(C(=O)NCC3CC3)C2)CCO1. The summed E-state index contributed by atoms with van der Waals surface area (Å²) in [6, 6.07) is 0. The minimum absolute atomic E-state index is 0.217. The number of nitrogens with zero attached hydrogens (tertiary/aromatic N) is 1. The highest BCUT2D eigenvalue weighted by Crippen LogP contribution is 2.28. The van der Waals surface area contributed by atoms with Crippen LogP contribution in [0.1, 0.15) is 45.4 Å². The highest BCUT2D eigenvalue weighted by Gasteiger charge is 2.29. The number of amides is 1. The molecule has 1 saturated carbocycles. The van der Waals surface area contributed by atoms with Crippen molar-refractivity contribution in [3.05, 3.63) is 0 Å². The molecule has 0 aromatic heterocycles. The van der Waals surface area contributed by atoms with Gasteiger partial charge in [0.2, 0.25) is 5.91 Å². The Morgan fingerprint density at radius 3 is 2.86 bits per heavy atom. The molecule has 4 nitrogen and oxygen atoms in total. The summed E-state index contributed by atoms with van der Waals surface area (Å²) in [6.07, 6.45) is 7.61. The second-order valence-corrected chi connectivity index (χ2v) is 7.36. The molecule has 3 rings (SSSR count). The van der Waals surface area contributed by atoms with Gasteiger partial charge >= 0.3 is 0 Å². The second kappa shape index (κ2) is 7.10. The van der Waals surface area contributed by atoms with E-state index in [4.69, 9.17) is 4.74 Å². The number of carbonyl (C=O) groups excluding carboxylic acids is 1. The third kappa shape index (κ3) is 4.68. The van der Waals surface area contributed by atoms with Gasteiger partial charge in [-0.15, -0.1) is 0 Å². The lowest BCUT2D eigenvalue weighted by Gasteiger charge is -2.36. The Kier molecular flexibility index (Phi) is 5.17. The molecule has 0 bridgehead atoms. The third-order valence-corrected chi connectivity index (χ3v) is 5.25. The van der Waals surface area contributed by atoms with E-state index in [-0.39, 0.29) is 5.92 Å². The Morgan fingerprint density at radius 1 is 1.24 bits per heavy atom. The van der Waals surface area contributed by atoms with Crippen LogP contribution in [-0.2, 0) is 9.53 Å². The van der Waals surface area contributed by atoms with Gasteiger partial charge in [-0.25, -0.2) is 0 Å². The van der Waals surface area contributed by atoms with Gasteiger partial charge in [0.1, 0.15) is 0 Å². The number of carbonyl (C=O) groups is 1. The van der Waals surface area contributed by atoms with Crippen molar-refractivity contribution < 1.29 is 9.53 Å². The summed E-state index contributed by atoms with van der Waals surface area (Å²) in [5.41, 5.74) is 0. The van der Waals surface area contributed by atoms with E-state index in [1.54, 1.807) is 0 Å². The normalized spacial score (nSPS) is 34.6. The molecule has 2 saturated heterocycles. The maximum Gasteiger partial charge on any atom is 0.224 e. The van der Waals surface area contributed by atoms with E-state index in [0.717, 1.165) is 51.0 Å². The average Bonchev–Trinajstić information content (AvgIpc) is 3.29. The van der Waals surface area contributed by atoms with Crippen molar-refractivity contribution in [2.75, 3.05) is 32.8 Å². The van der Waals surface area contributed by atoms with E-state index in [1.165, 1.54) is 32.1 Å². The number of piperidine rings is 1. The minimum Gasteiger partial charge on any atom is -0.378 e. The molecule has 3 unspecified atom stereocenters. The van der Waals surface area contributed by atoms with Crippen LogP contribution < -0.4 is 5.32 Å². The lowest BCUT2D eigenvalue weighted by atomic mass is 9.92. The Balaban J connectivity index is 1.42. The lowest BCUT2D eigenvalue weighted by molar-refractivity contribution is -0.127. The van der Waals surface area contributed by atoms with Gasteiger partial charge in [0.15, 0.2) is 0 Å². The second-order valence-electron chi connectivity index (χ2n) is 7.36. The zero-order valence-electron chi connectivity index (χ0n) is 13.4. The fourth-order valence-corrected chi connectivity index (χ4v) is 3.77. The Labute approximate surface area is 128 Å². The number of hydrogen-bond acceptors (Lipinski definition) is 3. The summed E-state index contributed by atoms with van der Waals surface area (Å²) in [6.45, 7) is 7.27. The molecule has 2 aliphatic heterocycles. The maximum absolute atomic E-state index is 12.3. The minimum atomic E-state index is 0.217. The van der Waals surface area contributed by atoms with Crippen molar-refractivity contribution in [3.63, 3.8) is 0 Å². The Morgan fingerprint density at radius 2 is 2.10 bits per heavy atom. The molecule has 0 aromatic carbocycles. The van der Waals surface area contributed by atoms with Gasteiger partial charge in [-0.3, -0.25) is 4.79 Å². The van der Waals surface area contributed by atoms with Crippen LogP contribution in [-0.4, -0.2) is 49.7 Å². The van der Waals surface area contributed by atoms with Gasteiger partial charge in [0.05, 0.1) is 12.0 Å². The van der Waals surface area contributed by atoms with E-state index in [2.05, 4.69) is 17.1 Å². The van der Waals surface area contributed by atoms with Crippen molar-refractivity contribution in [1.29, 1.82) is 0 Å². The summed E-state index contributed by atoms with van der Waals surface area (Å²) < 4.78 is 5.63. The van der Waals surface area contributed by atoms with Crippen molar-refractivity contribution in [3.8, 4) is 0 Å². The average molecular weight is 294 g/mol. The highest BCUT2D eigenvalue weighted by atomic mass is 16.5. The number of rotatable bonds is 5. The van der Waals surface area contributed by atoms with Gasteiger partial charge < -0.3 is 15.0 Å². The fraction of sp³-hybridized carbons (Fsp3) is 0.941. The molecule has 4 heteroatoms. The standard InChI is InChI=1S/C17H30N2O2/c1-13-9-15(6-8-21-13)11-19-7-2-3-16(12-19)17(20)18-10-14-4-5-14/h13-16H,2-12H2,1H3,(H,18,20). The lowest BCUT2D eigenvalue weighted by Crippen LogP contribution is -2.45. The van der Waals surface area contributed by atoms with Crippen LogP contribution in [0.4, 0.5) is 0 Å². The first-order valence-corrected chi connectivity index (χ1v) is 8.82. The molecule has 0 radical (unpaired) electrons. The largest absolute Gasteiger partial charge is 0.378 e. The Hall–Kier alpha value is -0.610. The monoisotopic (exact) mass is 294 g/mol. The zero-order valence-corrected chi connectivity index (χ0v) is 13.4. The summed E-state index contributed by atoms with van der Waals surface area (Å²) in [7, 11) is 0. The van der Waals surface area contributed by atoms with Crippen LogP contribution >= 0.6 is 0 Å². The molecule has 1 N–H and O–H groups in total. The quantitative estimate of drug-likeness (QED) is 0.843. The molecule has 3 atom stereocenters. The first-order valence-electron chi connectivity index (χ1n) is 8.82. The summed E-state index contributed by atoms with van der Waals surface area (Å²) >= 11 is 0. The summed E-state index contributed by atoms with van der Waals surface area (Å²) in [5, 5.41) is 3.16. The third-order valence-electron chi connectivity index (χ3n) is 5.25. The van der Waals surface area contributed by atoms with Crippen LogP contribution in [0.5, 0.6) is 0 Å². The van der Waals surface area contributed by atoms with E-state index < -0.39 is 0 Å². The summed E-state index contributed by atoms with van der Waals surface area (Å²) in [5.74, 6) is 2.04. The highest BCUT2D eigenvalue weighted by molar-refractivity contribution is 5.79. The van der Waals surface area contributed by atoms with E-state index in [1.807, 2.05) is 0 Å². The smallest absolute Gasteiger partial charge is 0.224 e. The van der Waals surface area contributed by atoms with Crippen LogP contribution in [0, 0.1) is 17.8 Å². The predicted molar refractivity (Wildman–Crippen MR) is 83.0 cm³/mol. The fourth-order valence-electron chi connectivity index (χ4n) is 3.77. The maximum atomic E-state index is 12.3. The van der Waals surface area contributed by atoms with Crippen molar-refractivity contribution in [1.82, 2.24) is 10.2 Å². The van der Waals surface area contributed by atoms with Crippen molar-refractivity contribution in [2.45, 2.75) is 51.6 Å². The Bertz CT molecular complexity index is 357. The first kappa shape index (κ1) is 15.3. The van der Waals surface area contributed by atoms with Crippen molar-refractivity contribution in [2.24, 2.45) is 17.8 Å². The molecule has 2 heterocycles. The number of hydrogen-bond donors (Lipinski definition) is 1. The van der Waals surface area contributed by atoms with Crippen LogP contribution in [0.25, 0.3) is 0 Å².